The predicted molar refractivity (Wildman–Crippen MR) is 482 cm³/mol. The average molecular weight is 1730 g/mol. The lowest BCUT2D eigenvalue weighted by molar-refractivity contribution is -0.142. The van der Waals surface area contributed by atoms with Crippen molar-refractivity contribution in [2.45, 2.75) is 202 Å². The molecule has 0 spiro atoms. The Balaban J connectivity index is 0.000000134. The fourth-order valence-electron chi connectivity index (χ4n) is 17.7. The van der Waals surface area contributed by atoms with Crippen molar-refractivity contribution in [3.05, 3.63) is 212 Å². The summed E-state index contributed by atoms with van der Waals surface area (Å²) in [4.78, 5) is 59.6. The summed E-state index contributed by atoms with van der Waals surface area (Å²) in [5.74, 6) is 7.56. The van der Waals surface area contributed by atoms with E-state index in [4.69, 9.17) is 41.8 Å². The van der Waals surface area contributed by atoms with E-state index in [9.17, 15) is 35.4 Å². The van der Waals surface area contributed by atoms with E-state index in [1.54, 1.807) is 60.7 Å². The Morgan fingerprint density at radius 2 is 0.814 bits per heavy atom. The monoisotopic (exact) mass is 1730 g/mol. The number of benzene rings is 8. The first kappa shape index (κ1) is 89.3. The van der Waals surface area contributed by atoms with Crippen molar-refractivity contribution >= 4 is 18.0 Å². The number of likely N-dealkylation sites (tertiary alicyclic amines) is 2. The Bertz CT molecular complexity index is 6280. The van der Waals surface area contributed by atoms with E-state index in [1.165, 1.54) is 29.4 Å². The molecule has 0 radical (unpaired) electrons. The molecule has 0 unspecified atom stereocenters. The lowest BCUT2D eigenvalue weighted by Crippen LogP contribution is -2.45. The lowest BCUT2D eigenvalue weighted by Gasteiger charge is -2.32. The van der Waals surface area contributed by atoms with Crippen LogP contribution in [0.2, 0.25) is 0 Å². The van der Waals surface area contributed by atoms with Crippen LogP contribution >= 0.6 is 0 Å². The molecule has 129 heavy (non-hydrogen) atoms. The number of rotatable bonds is 20. The van der Waals surface area contributed by atoms with Gasteiger partial charge in [-0.25, -0.2) is 9.59 Å². The molecule has 5 atom stereocenters. The van der Waals surface area contributed by atoms with Gasteiger partial charge in [0.1, 0.15) is 41.2 Å². The molecule has 6 aliphatic rings. The van der Waals surface area contributed by atoms with Gasteiger partial charge in [0.05, 0.1) is 71.9 Å². The smallest absolute Gasteiger partial charge is 0.317 e. The first-order chi connectivity index (χ1) is 62.4. The lowest BCUT2D eigenvalue weighted by atomic mass is 9.94. The van der Waals surface area contributed by atoms with E-state index in [0.717, 1.165) is 134 Å². The molecule has 4 aliphatic carbocycles. The molecule has 8 aromatic carbocycles. The van der Waals surface area contributed by atoms with Crippen molar-refractivity contribution in [1.82, 2.24) is 61.0 Å². The second kappa shape index (κ2) is 40.0. The molecule has 4 amide bonds. The maximum Gasteiger partial charge on any atom is 0.317 e. The highest BCUT2D eigenvalue weighted by molar-refractivity contribution is 5.78. The third kappa shape index (κ3) is 20.6. The van der Waals surface area contributed by atoms with Crippen LogP contribution in [0.1, 0.15) is 218 Å². The van der Waals surface area contributed by atoms with Crippen LogP contribution in [0.4, 0.5) is 9.59 Å². The summed E-state index contributed by atoms with van der Waals surface area (Å²) in [6, 6.07) is 54.1. The summed E-state index contributed by atoms with van der Waals surface area (Å²) in [6.45, 7) is 25.0. The SMILES string of the molecule is CC(C)Oc1cc(-c2nc(-c3cccc4c3CC[C@H]4C)no2)ccc1C#N.CC(C)Oc1cc(C#N)cc(-c2nc(-c3cccc4c3CC[C@H]4C)no2)c1.CC(C)Oc1ccc(-c2nc(-c3cccc4c3CC[C@@H]4NC(=O)N3CC[C@H](C)C3)no2)cc1C#N.COC(=O)CC1CCN(C(=O)N[C@@H]2CCc3c(-c4noc(-c5ccc(OC(C)C)c(C#N)c5)n4)cccc32)CC1. The number of amides is 4. The van der Waals surface area contributed by atoms with Gasteiger partial charge in [0.25, 0.3) is 23.6 Å². The number of hydrogen-bond donors (Lipinski definition) is 2. The molecule has 28 nitrogen and oxygen atoms in total. The molecule has 2 fully saturated rings. The summed E-state index contributed by atoms with van der Waals surface area (Å²) in [5.41, 5.74) is 18.2. The second-order valence-electron chi connectivity index (χ2n) is 34.7. The first-order valence-electron chi connectivity index (χ1n) is 44.3. The van der Waals surface area contributed by atoms with Crippen LogP contribution in [-0.2, 0) is 35.2 Å². The Kier molecular flexibility index (Phi) is 27.7. The van der Waals surface area contributed by atoms with Gasteiger partial charge in [0, 0.05) is 77.1 Å². The molecule has 2 saturated heterocycles. The minimum atomic E-state index is -0.198. The summed E-state index contributed by atoms with van der Waals surface area (Å²) in [5, 5.41) is 61.0. The van der Waals surface area contributed by atoms with Gasteiger partial charge in [-0.15, -0.1) is 0 Å². The Morgan fingerprint density at radius 1 is 0.419 bits per heavy atom. The van der Waals surface area contributed by atoms with Gasteiger partial charge in [-0.1, -0.05) is 114 Å². The summed E-state index contributed by atoms with van der Waals surface area (Å²) in [6.07, 6.45) is 10.6. The van der Waals surface area contributed by atoms with Crippen LogP contribution in [0.25, 0.3) is 91.4 Å². The van der Waals surface area contributed by atoms with E-state index in [1.807, 2.05) is 114 Å². The number of urea groups is 2. The second-order valence-corrected chi connectivity index (χ2v) is 34.7. The minimum Gasteiger partial charge on any atom is -0.491 e. The van der Waals surface area contributed by atoms with Crippen LogP contribution in [-0.4, -0.2) is 126 Å². The molecular formula is C101H104N16O12. The zero-order valence-electron chi connectivity index (χ0n) is 74.6. The maximum atomic E-state index is 13.1. The molecule has 6 heterocycles. The number of aromatic nitrogens is 8. The minimum absolute atomic E-state index is 0.0117. The molecule has 2 N–H and O–H groups in total. The van der Waals surface area contributed by atoms with Gasteiger partial charge >= 0.3 is 18.0 Å². The van der Waals surface area contributed by atoms with Crippen LogP contribution < -0.4 is 29.6 Å². The van der Waals surface area contributed by atoms with Crippen LogP contribution in [0.3, 0.4) is 0 Å². The van der Waals surface area contributed by atoms with Gasteiger partial charge < -0.3 is 62.2 Å². The average Bonchev–Trinajstić information content (AvgIpc) is 1.78. The fraction of sp³-hybridized carbons (Fsp3) is 0.376. The molecule has 0 saturated carbocycles. The molecule has 12 aromatic rings. The predicted octanol–water partition coefficient (Wildman–Crippen LogP) is 20.4. The molecular weight excluding hydrogens is 1630 g/mol. The highest BCUT2D eigenvalue weighted by Gasteiger charge is 2.35. The summed E-state index contributed by atoms with van der Waals surface area (Å²) >= 11 is 0. The number of carbonyl (C=O) groups is 3. The third-order valence-corrected chi connectivity index (χ3v) is 24.0. The fourth-order valence-corrected chi connectivity index (χ4v) is 17.7. The maximum absolute atomic E-state index is 13.1. The normalized spacial score (nSPS) is 16.9. The number of nitrogens with zero attached hydrogens (tertiary/aromatic N) is 14. The highest BCUT2D eigenvalue weighted by Crippen LogP contribution is 2.44. The number of esters is 1. The Hall–Kier alpha value is -14.5. The van der Waals surface area contributed by atoms with Crippen LogP contribution in [0, 0.1) is 57.2 Å². The van der Waals surface area contributed by atoms with Gasteiger partial charge in [-0.05, 0) is 267 Å². The van der Waals surface area contributed by atoms with E-state index < -0.39 is 0 Å². The van der Waals surface area contributed by atoms with Gasteiger partial charge in [0.2, 0.25) is 23.3 Å². The number of fused-ring (bicyclic) bond motifs is 4. The van der Waals surface area contributed by atoms with Crippen molar-refractivity contribution in [3.63, 3.8) is 0 Å². The zero-order chi connectivity index (χ0) is 90.7. The van der Waals surface area contributed by atoms with Crippen molar-refractivity contribution in [2.75, 3.05) is 33.3 Å². The molecule has 660 valence electrons. The van der Waals surface area contributed by atoms with Gasteiger partial charge in [0.15, 0.2) is 0 Å². The number of nitriles is 4. The Morgan fingerprint density at radius 3 is 1.23 bits per heavy atom. The number of nitrogens with one attached hydrogen (secondary N) is 2. The highest BCUT2D eigenvalue weighted by atomic mass is 16.5. The number of ether oxygens (including phenoxy) is 5. The molecule has 28 heteroatoms. The molecule has 18 rings (SSSR count). The van der Waals surface area contributed by atoms with Crippen LogP contribution in [0.5, 0.6) is 23.0 Å². The first-order valence-corrected chi connectivity index (χ1v) is 44.3. The quantitative estimate of drug-likeness (QED) is 0.0669. The van der Waals surface area contributed by atoms with Crippen molar-refractivity contribution in [1.29, 1.82) is 21.0 Å². The molecule has 2 aliphatic heterocycles. The van der Waals surface area contributed by atoms with E-state index in [-0.39, 0.29) is 60.4 Å². The molecule has 4 aromatic heterocycles. The van der Waals surface area contributed by atoms with Gasteiger partial charge in [-0.2, -0.15) is 41.0 Å². The van der Waals surface area contributed by atoms with Crippen molar-refractivity contribution < 1.29 is 56.2 Å². The molecule has 0 bridgehead atoms. The number of hydrogen-bond acceptors (Lipinski definition) is 24. The van der Waals surface area contributed by atoms with Crippen molar-refractivity contribution in [3.8, 4) is 139 Å². The van der Waals surface area contributed by atoms with E-state index >= 15 is 0 Å². The number of piperidine rings is 1. The van der Waals surface area contributed by atoms with Gasteiger partial charge in [-0.3, -0.25) is 4.79 Å². The largest absolute Gasteiger partial charge is 0.491 e. The standard InChI is InChI=1S/C30H33N5O5.C27H29N5O3.2C22H21N3O2/c1-18(2)39-26-10-7-20(16-21(26)17-31)29-33-28(34-40-29)24-6-4-5-23-22(24)8-9-25(23)32-30(37)35-13-11-19(12-14-35)15-27(36)38-3;1-16(2)34-24-10-7-18(13-19(24)14-28)26-30-25(31-35-26)22-6-4-5-21-20(22)8-9-23(21)29-27(33)32-12-11-17(3)15-32;1-13(2)26-20-11-15(8-9-16(20)12-23)22-24-21(25-27-22)19-6-4-5-17-14(3)7-10-18(17)19;1-13(2)26-17-10-15(12-23)9-16(11-17)22-24-21(25-27-22)20-6-4-5-18-14(3)7-8-19(18)20/h4-7,10,16,18-19,25H,8-9,11-15H2,1-3H3,(H,32,37);4-7,10,13,16-17,23H,8-9,11-12,15H2,1-3H3,(H,29,33);4-6,8-9,11,13-14H,7,10H2,1-3H3;4-6,9-11,13-14H,7-8H2,1-3H3/t25-;17-,23-;2*14-/m1011/s1. The third-order valence-electron chi connectivity index (χ3n) is 24.0. The van der Waals surface area contributed by atoms with Crippen LogP contribution in [0.15, 0.2) is 164 Å². The van der Waals surface area contributed by atoms with E-state index in [0.29, 0.717) is 146 Å². The topological polar surface area (TPSA) is 379 Å². The van der Waals surface area contributed by atoms with E-state index in [2.05, 4.69) is 133 Å². The number of carbonyl (C=O) groups excluding carboxylic acids is 3. The summed E-state index contributed by atoms with van der Waals surface area (Å²) < 4.78 is 49.9. The Labute approximate surface area is 749 Å². The van der Waals surface area contributed by atoms with Crippen molar-refractivity contribution in [2.24, 2.45) is 11.8 Å². The number of methoxy groups -OCH3 is 1. The summed E-state index contributed by atoms with van der Waals surface area (Å²) in [7, 11) is 1.40. The zero-order valence-corrected chi connectivity index (χ0v) is 74.6.